The van der Waals surface area contributed by atoms with Gasteiger partial charge < -0.3 is 9.84 Å². The largest absolute Gasteiger partial charge is 0.389 e. The van der Waals surface area contributed by atoms with Gasteiger partial charge in [0.25, 0.3) is 0 Å². The van der Waals surface area contributed by atoms with Crippen LogP contribution >= 0.6 is 12.4 Å². The van der Waals surface area contributed by atoms with Crippen molar-refractivity contribution in [1.29, 1.82) is 0 Å². The van der Waals surface area contributed by atoms with E-state index in [9.17, 15) is 5.11 Å². The lowest BCUT2D eigenvalue weighted by atomic mass is 9.78. The zero-order valence-corrected chi connectivity index (χ0v) is 37.5. The van der Waals surface area contributed by atoms with Crippen LogP contribution in [0.5, 0.6) is 0 Å². The number of aliphatic hydroxyl groups excluding tert-OH is 1. The van der Waals surface area contributed by atoms with Crippen molar-refractivity contribution in [1.82, 2.24) is 0 Å². The Morgan fingerprint density at radius 1 is 0.708 bits per heavy atom. The molecule has 0 bridgehead atoms. The summed E-state index contributed by atoms with van der Waals surface area (Å²) in [7, 11) is 0. The molecule has 1 heterocycles. The van der Waals surface area contributed by atoms with E-state index in [0.29, 0.717) is 33.2 Å². The molecule has 1 aliphatic heterocycles. The average Bonchev–Trinajstić information content (AvgIpc) is 3.52. The van der Waals surface area contributed by atoms with Crippen LogP contribution < -0.4 is 0 Å². The molecule has 1 fully saturated rings. The van der Waals surface area contributed by atoms with Crippen LogP contribution in [-0.2, 0) is 4.74 Å². The minimum atomic E-state index is -0.329. The second-order valence-electron chi connectivity index (χ2n) is 21.5. The summed E-state index contributed by atoms with van der Waals surface area (Å²) in [6, 6.07) is 0. The first-order valence-electron chi connectivity index (χ1n) is 19.5. The van der Waals surface area contributed by atoms with Crippen LogP contribution in [0.15, 0.2) is 23.8 Å². The molecule has 2 nitrogen and oxygen atoms in total. The molecule has 1 saturated heterocycles. The van der Waals surface area contributed by atoms with Gasteiger partial charge in [0.1, 0.15) is 0 Å². The number of hydrogen-bond acceptors (Lipinski definition) is 2. The highest BCUT2D eigenvalue weighted by atomic mass is 35.5. The summed E-state index contributed by atoms with van der Waals surface area (Å²) in [5.41, 5.74) is 5.09. The zero-order valence-electron chi connectivity index (χ0n) is 36.7. The Balaban J connectivity index is -0.000000627. The first kappa shape index (κ1) is 52.1. The van der Waals surface area contributed by atoms with E-state index in [-0.39, 0.29) is 29.5 Å². The molecule has 48 heavy (non-hydrogen) atoms. The molecule has 1 rings (SSSR count). The quantitative estimate of drug-likeness (QED) is 0.128. The predicted octanol–water partition coefficient (Wildman–Crippen LogP) is 15.4. The fraction of sp³-hybridized carbons (Fsp3) is 0.911. The van der Waals surface area contributed by atoms with Crippen LogP contribution in [-0.4, -0.2) is 22.9 Å². The molecular weight excluding hydrogens is 608 g/mol. The molecule has 1 N–H and O–H groups in total. The Labute approximate surface area is 310 Å². The van der Waals surface area contributed by atoms with Crippen molar-refractivity contribution in [2.75, 3.05) is 0 Å². The van der Waals surface area contributed by atoms with Gasteiger partial charge in [0, 0.05) is 0 Å². The minimum absolute atomic E-state index is 0. The molecule has 3 heteroatoms. The van der Waals surface area contributed by atoms with E-state index in [1.54, 1.807) is 5.57 Å². The lowest BCUT2D eigenvalue weighted by Gasteiger charge is -2.27. The van der Waals surface area contributed by atoms with Crippen LogP contribution in [0.3, 0.4) is 0 Å². The van der Waals surface area contributed by atoms with Crippen molar-refractivity contribution in [2.24, 2.45) is 32.5 Å². The molecule has 0 aromatic carbocycles. The Kier molecular flexibility index (Phi) is 23.1. The van der Waals surface area contributed by atoms with Crippen molar-refractivity contribution in [2.45, 2.75) is 233 Å². The van der Waals surface area contributed by atoms with Crippen LogP contribution in [0, 0.1) is 32.5 Å². The molecule has 0 amide bonds. The first-order valence-corrected chi connectivity index (χ1v) is 19.5. The summed E-state index contributed by atoms with van der Waals surface area (Å²) in [4.78, 5) is 0. The summed E-state index contributed by atoms with van der Waals surface area (Å²) >= 11 is 0. The normalized spacial score (nSPS) is 19.7. The van der Waals surface area contributed by atoms with Crippen molar-refractivity contribution >= 4 is 12.4 Å². The average molecular weight is 700 g/mol. The predicted molar refractivity (Wildman–Crippen MR) is 222 cm³/mol. The molecular formula is C45H91ClO2. The van der Waals surface area contributed by atoms with Gasteiger partial charge in [0.2, 0.25) is 0 Å². The highest BCUT2D eigenvalue weighted by molar-refractivity contribution is 5.85. The number of allylic oxidation sites excluding steroid dienone is 2. The van der Waals surface area contributed by atoms with E-state index in [2.05, 4.69) is 151 Å². The Hall–Kier alpha value is -0.310. The highest BCUT2D eigenvalue weighted by Gasteiger charge is 2.53. The van der Waals surface area contributed by atoms with E-state index in [0.717, 1.165) is 31.3 Å². The molecule has 0 spiro atoms. The van der Waals surface area contributed by atoms with Gasteiger partial charge >= 0.3 is 0 Å². The summed E-state index contributed by atoms with van der Waals surface area (Å²) in [6.07, 6.45) is 16.5. The van der Waals surface area contributed by atoms with Crippen LogP contribution in [0.1, 0.15) is 216 Å². The third-order valence-electron chi connectivity index (χ3n) is 10.4. The smallest absolute Gasteiger partial charge is 0.0925 e. The van der Waals surface area contributed by atoms with Gasteiger partial charge in [-0.05, 0) is 110 Å². The molecule has 0 radical (unpaired) electrons. The summed E-state index contributed by atoms with van der Waals surface area (Å²) in [5, 5.41) is 10.0. The number of rotatable bonds is 16. The number of aliphatic hydroxyl groups is 1. The first-order chi connectivity index (χ1) is 20.8. The third kappa shape index (κ3) is 28.4. The van der Waals surface area contributed by atoms with Crippen molar-refractivity contribution in [3.63, 3.8) is 0 Å². The summed E-state index contributed by atoms with van der Waals surface area (Å²) in [5.74, 6) is 0. The topological polar surface area (TPSA) is 32.8 Å². The summed E-state index contributed by atoms with van der Waals surface area (Å²) in [6.45, 7) is 49.7. The zero-order chi connectivity index (χ0) is 37.7. The molecule has 3 unspecified atom stereocenters. The van der Waals surface area contributed by atoms with E-state index in [1.165, 1.54) is 51.4 Å². The van der Waals surface area contributed by atoms with Gasteiger partial charge in [-0.25, -0.2) is 0 Å². The second kappa shape index (κ2) is 21.3. The van der Waals surface area contributed by atoms with E-state index < -0.39 is 0 Å². The van der Waals surface area contributed by atoms with E-state index >= 15 is 0 Å². The Morgan fingerprint density at radius 2 is 1.12 bits per heavy atom. The molecule has 3 atom stereocenters. The van der Waals surface area contributed by atoms with Crippen molar-refractivity contribution in [3.05, 3.63) is 23.8 Å². The second-order valence-corrected chi connectivity index (χ2v) is 21.5. The third-order valence-corrected chi connectivity index (χ3v) is 10.4. The molecule has 1 aliphatic rings. The molecule has 290 valence electrons. The van der Waals surface area contributed by atoms with Gasteiger partial charge in [-0.15, -0.1) is 12.4 Å². The Morgan fingerprint density at radius 3 is 1.52 bits per heavy atom. The number of ether oxygens (including phenoxy) is 1. The standard InChI is InChI=1S/2C15H30O.C15H30.ClH/c1-8-14(5,6)11-15(7)12(16-15)9-10-13(2,3)4;1-8-15(6,7)11-12(2)13(16)9-10-14(3,4)5;1-8-15(6,7)12-13(2)10-9-11-14(3,4)5;/h12H,8-11H2,1-7H3;13,16H,2,8-11H2,1,3-7H3;10H,8-9,11-12H2,1-7H3;1H/b;;13-10+;. The SMILES string of the molecule is C=C(CC(C)(C)CC)C(O)CCC(C)(C)C.CCC(C)(C)C/C(C)=C/CCC(C)(C)C.CCC(C)(C)CC1(C)OC1CCC(C)(C)C.Cl. The molecule has 0 saturated carbocycles. The van der Waals surface area contributed by atoms with Gasteiger partial charge in [-0.1, -0.05) is 162 Å². The van der Waals surface area contributed by atoms with Crippen LogP contribution in [0.4, 0.5) is 0 Å². The molecule has 0 aliphatic carbocycles. The lowest BCUT2D eigenvalue weighted by Crippen LogP contribution is -2.22. The number of hydrogen-bond donors (Lipinski definition) is 1. The molecule has 0 aromatic rings. The number of halogens is 1. The van der Waals surface area contributed by atoms with E-state index in [4.69, 9.17) is 4.74 Å². The van der Waals surface area contributed by atoms with Gasteiger partial charge in [0.05, 0.1) is 17.8 Å². The number of epoxide rings is 1. The maximum atomic E-state index is 10.0. The van der Waals surface area contributed by atoms with Gasteiger partial charge in [0.15, 0.2) is 0 Å². The maximum Gasteiger partial charge on any atom is 0.0925 e. The van der Waals surface area contributed by atoms with Crippen LogP contribution in [0.25, 0.3) is 0 Å². The van der Waals surface area contributed by atoms with Crippen molar-refractivity contribution in [3.8, 4) is 0 Å². The van der Waals surface area contributed by atoms with Crippen LogP contribution in [0.2, 0.25) is 0 Å². The Bertz CT molecular complexity index is 903. The van der Waals surface area contributed by atoms with E-state index in [1.807, 2.05) is 0 Å². The monoisotopic (exact) mass is 699 g/mol. The van der Waals surface area contributed by atoms with Gasteiger partial charge in [-0.2, -0.15) is 0 Å². The maximum absolute atomic E-state index is 10.0. The lowest BCUT2D eigenvalue weighted by molar-refractivity contribution is 0.165. The van der Waals surface area contributed by atoms with Gasteiger partial charge in [-0.3, -0.25) is 0 Å². The fourth-order valence-corrected chi connectivity index (χ4v) is 5.78. The minimum Gasteiger partial charge on any atom is -0.389 e. The fourth-order valence-electron chi connectivity index (χ4n) is 5.78. The molecule has 0 aromatic heterocycles. The summed E-state index contributed by atoms with van der Waals surface area (Å²) < 4.78 is 5.94. The highest BCUT2D eigenvalue weighted by Crippen LogP contribution is 2.49. The van der Waals surface area contributed by atoms with Crippen molar-refractivity contribution < 1.29 is 9.84 Å².